The predicted molar refractivity (Wildman–Crippen MR) is 98.0 cm³/mol. The summed E-state index contributed by atoms with van der Waals surface area (Å²) >= 11 is 1.55. The van der Waals surface area contributed by atoms with Crippen molar-refractivity contribution in [2.24, 2.45) is 0 Å². The number of anilines is 1. The maximum absolute atomic E-state index is 12.3. The number of hydrogen-bond donors (Lipinski definition) is 1. The molecule has 0 bridgehead atoms. The summed E-state index contributed by atoms with van der Waals surface area (Å²) in [6, 6.07) is 11.7. The average Bonchev–Trinajstić information content (AvgIpc) is 2.85. The molecule has 3 rings (SSSR count). The number of rotatable bonds is 5. The minimum Gasteiger partial charge on any atom is -0.496 e. The van der Waals surface area contributed by atoms with Crippen molar-refractivity contribution in [3.8, 4) is 5.75 Å². The topological polar surface area (TPSA) is 81.7 Å². The number of nitrogens with one attached hydrogen (secondary N) is 1. The van der Waals surface area contributed by atoms with Crippen molar-refractivity contribution in [3.63, 3.8) is 0 Å². The van der Waals surface area contributed by atoms with Crippen LogP contribution in [-0.2, 0) is 9.53 Å². The van der Waals surface area contributed by atoms with E-state index in [1.54, 1.807) is 54.2 Å². The van der Waals surface area contributed by atoms with Gasteiger partial charge in [-0.25, -0.2) is 4.79 Å². The number of ketones is 1. The molecule has 2 aromatic carbocycles. The van der Waals surface area contributed by atoms with Gasteiger partial charge in [0.05, 0.1) is 23.9 Å². The molecule has 0 radical (unpaired) electrons. The Hall–Kier alpha value is -2.80. The minimum absolute atomic E-state index is 0.0897. The molecule has 1 amide bonds. The molecule has 0 saturated carbocycles. The zero-order chi connectivity index (χ0) is 18.5. The second-order valence-corrected chi connectivity index (χ2v) is 6.69. The summed E-state index contributed by atoms with van der Waals surface area (Å²) in [6.07, 6.45) is 0.423. The Balaban J connectivity index is 1.69. The van der Waals surface area contributed by atoms with E-state index in [-0.39, 0.29) is 17.3 Å². The van der Waals surface area contributed by atoms with E-state index in [1.165, 1.54) is 7.11 Å². The van der Waals surface area contributed by atoms with Gasteiger partial charge < -0.3 is 14.8 Å². The quantitative estimate of drug-likeness (QED) is 0.642. The number of methoxy groups -OCH3 is 1. The van der Waals surface area contributed by atoms with Crippen molar-refractivity contribution in [2.75, 3.05) is 24.8 Å². The first-order valence-electron chi connectivity index (χ1n) is 7.98. The Morgan fingerprint density at radius 1 is 1.19 bits per heavy atom. The second kappa shape index (κ2) is 8.05. The van der Waals surface area contributed by atoms with Crippen LogP contribution in [0.25, 0.3) is 0 Å². The third-order valence-electron chi connectivity index (χ3n) is 3.82. The van der Waals surface area contributed by atoms with Gasteiger partial charge in [0, 0.05) is 17.1 Å². The van der Waals surface area contributed by atoms with Crippen molar-refractivity contribution in [3.05, 3.63) is 53.6 Å². The number of carbonyl (C=O) groups excluding carboxylic acids is 3. The van der Waals surface area contributed by atoms with Crippen LogP contribution in [0.1, 0.15) is 27.1 Å². The molecule has 0 aliphatic carbocycles. The number of fused-ring (bicyclic) bond motifs is 1. The van der Waals surface area contributed by atoms with E-state index < -0.39 is 12.6 Å². The summed E-state index contributed by atoms with van der Waals surface area (Å²) in [4.78, 5) is 37.1. The molecular formula is C19H17NO5S. The summed E-state index contributed by atoms with van der Waals surface area (Å²) in [7, 11) is 1.47. The lowest BCUT2D eigenvalue weighted by molar-refractivity contribution is -0.115. The lowest BCUT2D eigenvalue weighted by atomic mass is 10.1. The molecule has 0 fully saturated rings. The molecule has 0 spiro atoms. The van der Waals surface area contributed by atoms with Crippen LogP contribution >= 0.6 is 11.8 Å². The fourth-order valence-corrected chi connectivity index (χ4v) is 3.45. The molecule has 0 saturated heterocycles. The van der Waals surface area contributed by atoms with Crippen molar-refractivity contribution in [1.29, 1.82) is 0 Å². The number of esters is 1. The van der Waals surface area contributed by atoms with E-state index in [0.29, 0.717) is 29.2 Å². The largest absolute Gasteiger partial charge is 0.496 e. The van der Waals surface area contributed by atoms with Crippen molar-refractivity contribution >= 4 is 35.1 Å². The van der Waals surface area contributed by atoms with E-state index in [0.717, 1.165) is 4.90 Å². The van der Waals surface area contributed by atoms with Crippen molar-refractivity contribution in [1.82, 2.24) is 0 Å². The summed E-state index contributed by atoms with van der Waals surface area (Å²) in [5.74, 6) is 0.0520. The molecule has 1 aliphatic heterocycles. The molecule has 6 nitrogen and oxygen atoms in total. The molecule has 134 valence electrons. The number of carbonyl (C=O) groups is 3. The maximum atomic E-state index is 12.3. The SMILES string of the molecule is COc1ccccc1C(=O)COC(=O)c1ccc2c(c1)NC(=O)CCS2. The van der Waals surface area contributed by atoms with Crippen molar-refractivity contribution < 1.29 is 23.9 Å². The van der Waals surface area contributed by atoms with Crippen LogP contribution in [0.3, 0.4) is 0 Å². The van der Waals surface area contributed by atoms with E-state index in [2.05, 4.69) is 5.32 Å². The second-order valence-electron chi connectivity index (χ2n) is 5.56. The molecule has 2 aromatic rings. The third kappa shape index (κ3) is 4.05. The zero-order valence-electron chi connectivity index (χ0n) is 14.1. The Kier molecular flexibility index (Phi) is 5.58. The number of amides is 1. The van der Waals surface area contributed by atoms with Gasteiger partial charge in [0.15, 0.2) is 6.61 Å². The summed E-state index contributed by atoms with van der Waals surface area (Å²) < 4.78 is 10.3. The van der Waals surface area contributed by atoms with Gasteiger partial charge in [-0.2, -0.15) is 0 Å². The Bertz CT molecular complexity index is 865. The molecule has 0 atom stereocenters. The summed E-state index contributed by atoms with van der Waals surface area (Å²) in [6.45, 7) is -0.391. The van der Waals surface area contributed by atoms with Gasteiger partial charge in [-0.1, -0.05) is 12.1 Å². The van der Waals surface area contributed by atoms with Crippen LogP contribution in [0.5, 0.6) is 5.75 Å². The molecule has 1 heterocycles. The van der Waals surface area contributed by atoms with Crippen LogP contribution in [0.2, 0.25) is 0 Å². The van der Waals surface area contributed by atoms with Gasteiger partial charge in [0.2, 0.25) is 11.7 Å². The van der Waals surface area contributed by atoms with E-state index in [4.69, 9.17) is 9.47 Å². The monoisotopic (exact) mass is 371 g/mol. The average molecular weight is 371 g/mol. The number of Topliss-reactive ketones (excluding diaryl/α,β-unsaturated/α-hetero) is 1. The van der Waals surface area contributed by atoms with Gasteiger partial charge in [-0.3, -0.25) is 9.59 Å². The number of ether oxygens (including phenoxy) is 2. The van der Waals surface area contributed by atoms with E-state index >= 15 is 0 Å². The summed E-state index contributed by atoms with van der Waals surface area (Å²) in [5.41, 5.74) is 1.22. The number of benzene rings is 2. The smallest absolute Gasteiger partial charge is 0.338 e. The standard InChI is InChI=1S/C19H17NO5S/c1-24-16-5-3-2-4-13(16)15(21)11-25-19(23)12-6-7-17-14(10-12)20-18(22)8-9-26-17/h2-7,10H,8-9,11H2,1H3,(H,20,22). The minimum atomic E-state index is -0.625. The molecule has 7 heteroatoms. The third-order valence-corrected chi connectivity index (χ3v) is 4.89. The van der Waals surface area contributed by atoms with Gasteiger partial charge in [-0.15, -0.1) is 11.8 Å². The van der Waals surface area contributed by atoms with Crippen LogP contribution < -0.4 is 10.1 Å². The summed E-state index contributed by atoms with van der Waals surface area (Å²) in [5, 5.41) is 2.77. The van der Waals surface area contributed by atoms with E-state index in [1.807, 2.05) is 0 Å². The maximum Gasteiger partial charge on any atom is 0.338 e. The highest BCUT2D eigenvalue weighted by Crippen LogP contribution is 2.31. The van der Waals surface area contributed by atoms with Crippen LogP contribution in [0, 0.1) is 0 Å². The predicted octanol–water partition coefficient (Wildman–Crippen LogP) is 3.17. The Morgan fingerprint density at radius 3 is 2.81 bits per heavy atom. The van der Waals surface area contributed by atoms with Gasteiger partial charge in [-0.05, 0) is 30.3 Å². The van der Waals surface area contributed by atoms with Crippen LogP contribution in [0.4, 0.5) is 5.69 Å². The molecular weight excluding hydrogens is 354 g/mol. The molecule has 0 aromatic heterocycles. The molecule has 1 aliphatic rings. The lowest BCUT2D eigenvalue weighted by Crippen LogP contribution is -2.15. The normalized spacial score (nSPS) is 13.2. The first-order chi connectivity index (χ1) is 12.6. The van der Waals surface area contributed by atoms with Gasteiger partial charge in [0.1, 0.15) is 5.75 Å². The van der Waals surface area contributed by atoms with Crippen molar-refractivity contribution in [2.45, 2.75) is 11.3 Å². The lowest BCUT2D eigenvalue weighted by Gasteiger charge is -2.10. The highest BCUT2D eigenvalue weighted by Gasteiger charge is 2.18. The van der Waals surface area contributed by atoms with Crippen LogP contribution in [-0.4, -0.2) is 37.1 Å². The molecule has 0 unspecified atom stereocenters. The van der Waals surface area contributed by atoms with Gasteiger partial charge >= 0.3 is 5.97 Å². The number of hydrogen-bond acceptors (Lipinski definition) is 6. The molecule has 26 heavy (non-hydrogen) atoms. The van der Waals surface area contributed by atoms with E-state index in [9.17, 15) is 14.4 Å². The number of thioether (sulfide) groups is 1. The van der Waals surface area contributed by atoms with Gasteiger partial charge in [0.25, 0.3) is 0 Å². The fourth-order valence-electron chi connectivity index (χ4n) is 2.51. The highest BCUT2D eigenvalue weighted by atomic mass is 32.2. The Morgan fingerprint density at radius 2 is 2.00 bits per heavy atom. The number of para-hydroxylation sites is 1. The fraction of sp³-hybridized carbons (Fsp3) is 0.211. The van der Waals surface area contributed by atoms with Crippen LogP contribution in [0.15, 0.2) is 47.4 Å². The first-order valence-corrected chi connectivity index (χ1v) is 8.97. The first kappa shape index (κ1) is 18.0. The zero-order valence-corrected chi connectivity index (χ0v) is 14.9. The Labute approximate surface area is 154 Å². The molecule has 1 N–H and O–H groups in total. The highest BCUT2D eigenvalue weighted by molar-refractivity contribution is 7.99.